The minimum absolute atomic E-state index is 0.0257. The molecule has 0 spiro atoms. The van der Waals surface area contributed by atoms with Gasteiger partial charge in [0.2, 0.25) is 20.0 Å². The van der Waals surface area contributed by atoms with E-state index in [1.54, 1.807) is 12.1 Å². The van der Waals surface area contributed by atoms with Gasteiger partial charge in [-0.3, -0.25) is 0 Å². The van der Waals surface area contributed by atoms with Gasteiger partial charge in [-0.05, 0) is 37.1 Å². The molecular weight excluding hydrogens is 494 g/mol. The molecule has 1 atom stereocenters. The SMILES string of the molecule is Cc1ccc(-c2ccc(S(=O)(=O)N[C@@H]3CCNC3)c(S(N)(=O)=O)c2C2=NCN=N2)c2[nH]c(N)nc12. The summed E-state index contributed by atoms with van der Waals surface area (Å²) < 4.78 is 55.1. The molecule has 0 saturated carbocycles. The van der Waals surface area contributed by atoms with E-state index in [4.69, 9.17) is 10.9 Å². The smallest absolute Gasteiger partial charge is 0.242 e. The lowest BCUT2D eigenvalue weighted by atomic mass is 9.96. The van der Waals surface area contributed by atoms with Crippen molar-refractivity contribution >= 4 is 42.9 Å². The summed E-state index contributed by atoms with van der Waals surface area (Å²) in [6, 6.07) is 5.90. The zero-order chi connectivity index (χ0) is 25.0. The van der Waals surface area contributed by atoms with Gasteiger partial charge in [-0.1, -0.05) is 18.2 Å². The number of azo groups is 1. The molecule has 0 aliphatic carbocycles. The fraction of sp³-hybridized carbons (Fsp3) is 0.300. The van der Waals surface area contributed by atoms with Crippen molar-refractivity contribution in [3.8, 4) is 11.1 Å². The Hall–Kier alpha value is -3.24. The van der Waals surface area contributed by atoms with Crippen molar-refractivity contribution in [1.82, 2.24) is 20.0 Å². The van der Waals surface area contributed by atoms with Crippen LogP contribution in [-0.4, -0.2) is 58.4 Å². The fourth-order valence-electron chi connectivity index (χ4n) is 4.37. The number of hydrogen-bond acceptors (Lipinski definition) is 10. The summed E-state index contributed by atoms with van der Waals surface area (Å²) in [5, 5.41) is 16.5. The molecular formula is C20H23N9O4S2. The van der Waals surface area contributed by atoms with Gasteiger partial charge in [-0.2, -0.15) is 5.11 Å². The number of aromatic nitrogens is 2. The molecule has 0 radical (unpaired) electrons. The predicted molar refractivity (Wildman–Crippen MR) is 130 cm³/mol. The van der Waals surface area contributed by atoms with Crippen LogP contribution in [-0.2, 0) is 20.0 Å². The summed E-state index contributed by atoms with van der Waals surface area (Å²) in [6.45, 7) is 2.91. The van der Waals surface area contributed by atoms with Crippen LogP contribution >= 0.6 is 0 Å². The molecule has 184 valence electrons. The highest BCUT2D eigenvalue weighted by Crippen LogP contribution is 2.38. The number of nitrogen functional groups attached to an aromatic ring is 1. The molecule has 35 heavy (non-hydrogen) atoms. The zero-order valence-corrected chi connectivity index (χ0v) is 20.2. The average Bonchev–Trinajstić information content (AvgIpc) is 3.54. The number of aliphatic imine (C=N–C) groups is 1. The Kier molecular flexibility index (Phi) is 5.68. The average molecular weight is 518 g/mol. The van der Waals surface area contributed by atoms with Crippen LogP contribution in [0.15, 0.2) is 49.3 Å². The molecule has 13 nitrogen and oxygen atoms in total. The molecule has 2 aromatic carbocycles. The number of fused-ring (bicyclic) bond motifs is 1. The van der Waals surface area contributed by atoms with Crippen molar-refractivity contribution in [3.63, 3.8) is 0 Å². The van der Waals surface area contributed by atoms with E-state index in [0.717, 1.165) is 5.56 Å². The van der Waals surface area contributed by atoms with E-state index < -0.39 is 29.8 Å². The van der Waals surface area contributed by atoms with Gasteiger partial charge in [0.25, 0.3) is 0 Å². The molecule has 3 heterocycles. The van der Waals surface area contributed by atoms with Gasteiger partial charge in [-0.15, -0.1) is 5.11 Å². The van der Waals surface area contributed by atoms with Crippen LogP contribution < -0.4 is 20.9 Å². The van der Waals surface area contributed by atoms with E-state index >= 15 is 0 Å². The molecule has 0 amide bonds. The molecule has 3 aromatic rings. The number of imidazole rings is 1. The van der Waals surface area contributed by atoms with Crippen molar-refractivity contribution in [2.75, 3.05) is 25.5 Å². The van der Waals surface area contributed by atoms with Gasteiger partial charge >= 0.3 is 0 Å². The van der Waals surface area contributed by atoms with Crippen LogP contribution in [0, 0.1) is 6.92 Å². The maximum absolute atomic E-state index is 13.3. The molecule has 1 saturated heterocycles. The number of anilines is 1. The Morgan fingerprint density at radius 2 is 1.89 bits per heavy atom. The van der Waals surface area contributed by atoms with Gasteiger partial charge in [0.15, 0.2) is 18.5 Å². The first kappa shape index (κ1) is 23.5. The molecule has 0 unspecified atom stereocenters. The van der Waals surface area contributed by atoms with Gasteiger partial charge in [-0.25, -0.2) is 36.7 Å². The summed E-state index contributed by atoms with van der Waals surface area (Å²) in [7, 11) is -8.84. The third kappa shape index (κ3) is 4.21. The van der Waals surface area contributed by atoms with Crippen molar-refractivity contribution in [3.05, 3.63) is 35.4 Å². The van der Waals surface area contributed by atoms with Crippen LogP contribution in [0.3, 0.4) is 0 Å². The van der Waals surface area contributed by atoms with Crippen molar-refractivity contribution in [2.45, 2.75) is 29.2 Å². The van der Waals surface area contributed by atoms with E-state index in [2.05, 4.69) is 35.2 Å². The second-order valence-electron chi connectivity index (χ2n) is 8.31. The van der Waals surface area contributed by atoms with Crippen molar-refractivity contribution < 1.29 is 16.8 Å². The van der Waals surface area contributed by atoms with Crippen LogP contribution in [0.5, 0.6) is 0 Å². The first-order valence-corrected chi connectivity index (χ1v) is 13.7. The van der Waals surface area contributed by atoms with E-state index in [0.29, 0.717) is 41.7 Å². The molecule has 2 aliphatic rings. The maximum atomic E-state index is 13.3. The molecule has 7 N–H and O–H groups in total. The third-order valence-electron chi connectivity index (χ3n) is 5.91. The summed E-state index contributed by atoms with van der Waals surface area (Å²) in [6.07, 6.45) is 0.568. The molecule has 2 aliphatic heterocycles. The zero-order valence-electron chi connectivity index (χ0n) is 18.6. The Morgan fingerprint density at radius 1 is 1.11 bits per heavy atom. The van der Waals surface area contributed by atoms with Gasteiger partial charge in [0.05, 0.1) is 16.6 Å². The third-order valence-corrected chi connectivity index (χ3v) is 8.59. The van der Waals surface area contributed by atoms with E-state index in [-0.39, 0.29) is 30.1 Å². The predicted octanol–water partition coefficient (Wildman–Crippen LogP) is 0.578. The van der Waals surface area contributed by atoms with Crippen LogP contribution in [0.1, 0.15) is 17.5 Å². The first-order valence-electron chi connectivity index (χ1n) is 10.7. The molecule has 5 rings (SSSR count). The highest BCUT2D eigenvalue weighted by Gasteiger charge is 2.34. The Balaban J connectivity index is 1.83. The largest absolute Gasteiger partial charge is 0.369 e. The lowest BCUT2D eigenvalue weighted by Crippen LogP contribution is -2.37. The number of aromatic amines is 1. The number of nitrogens with two attached hydrogens (primary N) is 2. The van der Waals surface area contributed by atoms with Crippen LogP contribution in [0.2, 0.25) is 0 Å². The number of amidine groups is 1. The van der Waals surface area contributed by atoms with Crippen LogP contribution in [0.4, 0.5) is 5.95 Å². The minimum Gasteiger partial charge on any atom is -0.369 e. The van der Waals surface area contributed by atoms with Gasteiger partial charge < -0.3 is 16.0 Å². The number of nitrogens with one attached hydrogen (secondary N) is 3. The topological polar surface area (TPSA) is 210 Å². The van der Waals surface area contributed by atoms with Crippen molar-refractivity contribution in [1.29, 1.82) is 0 Å². The van der Waals surface area contributed by atoms with E-state index in [1.807, 2.05) is 6.92 Å². The number of primary sulfonamides is 1. The van der Waals surface area contributed by atoms with Gasteiger partial charge in [0.1, 0.15) is 9.79 Å². The Morgan fingerprint density at radius 3 is 2.54 bits per heavy atom. The minimum atomic E-state index is -4.57. The van der Waals surface area contributed by atoms with Crippen molar-refractivity contribution in [2.24, 2.45) is 20.4 Å². The van der Waals surface area contributed by atoms with Gasteiger partial charge in [0, 0.05) is 18.2 Å². The first-order chi connectivity index (χ1) is 16.6. The molecule has 15 heteroatoms. The summed E-state index contributed by atoms with van der Waals surface area (Å²) in [5.41, 5.74) is 8.68. The molecule has 1 fully saturated rings. The van der Waals surface area contributed by atoms with E-state index in [9.17, 15) is 16.8 Å². The lowest BCUT2D eigenvalue weighted by molar-refractivity contribution is 0.555. The number of H-pyrrole nitrogens is 1. The number of benzene rings is 2. The fourth-order valence-corrected chi connectivity index (χ4v) is 7.24. The quantitative estimate of drug-likeness (QED) is 0.313. The standard InChI is InChI=1S/C20H23N9O4S2/c1-10-2-3-13(17-16(10)26-20(21)27-17)12-4-5-14(35(32,33)29-11-6-7-23-8-11)18(34(22,30)31)15(12)19-24-9-25-28-19/h2-5,11,23,29H,6-9H2,1H3,(H3,21,26,27)(H2,22,30,31)/t11-/m1/s1. The van der Waals surface area contributed by atoms with Crippen LogP contribution in [0.25, 0.3) is 22.2 Å². The second-order valence-corrected chi connectivity index (χ2v) is 11.5. The normalized spacial score (nSPS) is 18.5. The summed E-state index contributed by atoms with van der Waals surface area (Å²) >= 11 is 0. The number of aryl methyl sites for hydroxylation is 1. The van der Waals surface area contributed by atoms with E-state index in [1.165, 1.54) is 12.1 Å². The molecule has 0 bridgehead atoms. The summed E-state index contributed by atoms with van der Waals surface area (Å²) in [5.74, 6) is 0.139. The maximum Gasteiger partial charge on any atom is 0.242 e. The highest BCUT2D eigenvalue weighted by molar-refractivity contribution is 7.92. The Bertz CT molecular complexity index is 1620. The second kappa shape index (κ2) is 8.46. The monoisotopic (exact) mass is 517 g/mol. The number of rotatable bonds is 6. The Labute approximate surface area is 201 Å². The number of sulfonamides is 2. The molecule has 1 aromatic heterocycles. The highest BCUT2D eigenvalue weighted by atomic mass is 32.2. The lowest BCUT2D eigenvalue weighted by Gasteiger charge is -2.19. The summed E-state index contributed by atoms with van der Waals surface area (Å²) in [4.78, 5) is 10.4. The number of nitrogens with zero attached hydrogens (tertiary/aromatic N) is 4. The number of hydrogen-bond donors (Lipinski definition) is 5.